The molecule has 0 N–H and O–H groups in total. The van der Waals surface area contributed by atoms with E-state index in [9.17, 15) is 8.78 Å². The van der Waals surface area contributed by atoms with Crippen molar-refractivity contribution < 1.29 is 8.78 Å². The van der Waals surface area contributed by atoms with Gasteiger partial charge < -0.3 is 0 Å². The number of rotatable bonds is 2. The number of halogens is 2. The Hall–Kier alpha value is -0.830. The average molecular weight is 186 g/mol. The van der Waals surface area contributed by atoms with Gasteiger partial charge in [-0.2, -0.15) is 8.78 Å². The summed E-state index contributed by atoms with van der Waals surface area (Å²) in [5, 5.41) is 0.838. The molecule has 0 atom stereocenters. The third-order valence-electron chi connectivity index (χ3n) is 1.31. The maximum atomic E-state index is 11.6. The number of thioether (sulfide) groups is 1. The first-order valence-corrected chi connectivity index (χ1v) is 4.31. The lowest BCUT2D eigenvalue weighted by molar-refractivity contribution is 0.424. The molecule has 1 aromatic rings. The molecule has 0 aliphatic rings. The van der Waals surface area contributed by atoms with Crippen LogP contribution < -0.4 is 0 Å². The van der Waals surface area contributed by atoms with E-state index >= 15 is 0 Å². The van der Waals surface area contributed by atoms with Crippen LogP contribution in [0.1, 0.15) is 5.56 Å². The summed E-state index contributed by atoms with van der Waals surface area (Å²) in [4.78, 5) is 0.827. The van der Waals surface area contributed by atoms with Crippen LogP contribution in [0.2, 0.25) is 0 Å². The van der Waals surface area contributed by atoms with E-state index in [0.29, 0.717) is 0 Å². The molecule has 64 valence electrons. The molecule has 12 heavy (non-hydrogen) atoms. The lowest BCUT2D eigenvalue weighted by Gasteiger charge is -1.95. The summed E-state index contributed by atoms with van der Waals surface area (Å²) in [5.41, 5.74) is 1.13. The molecule has 0 amide bonds. The van der Waals surface area contributed by atoms with Crippen molar-refractivity contribution in [1.29, 1.82) is 0 Å². The Morgan fingerprint density at radius 2 is 1.83 bits per heavy atom. The van der Waals surface area contributed by atoms with Gasteiger partial charge in [-0.25, -0.2) is 0 Å². The second kappa shape index (κ2) is 4.26. The van der Waals surface area contributed by atoms with E-state index in [2.05, 4.69) is 0 Å². The van der Waals surface area contributed by atoms with E-state index in [1.54, 1.807) is 0 Å². The summed E-state index contributed by atoms with van der Waals surface area (Å²) in [7, 11) is 0. The normalized spacial score (nSPS) is 9.58. The van der Waals surface area contributed by atoms with Crippen LogP contribution in [-0.2, 0) is 0 Å². The van der Waals surface area contributed by atoms with Gasteiger partial charge in [-0.15, -0.1) is 0 Å². The smallest absolute Gasteiger partial charge is 0.173 e. The summed E-state index contributed by atoms with van der Waals surface area (Å²) >= 11 is 1.03. The van der Waals surface area contributed by atoms with Crippen molar-refractivity contribution in [3.8, 4) is 0 Å². The van der Waals surface area contributed by atoms with Crippen molar-refractivity contribution in [2.24, 2.45) is 0 Å². The van der Waals surface area contributed by atoms with Crippen molar-refractivity contribution in [2.45, 2.75) is 11.8 Å². The number of hydrogen-bond donors (Lipinski definition) is 0. The van der Waals surface area contributed by atoms with E-state index in [1.165, 1.54) is 0 Å². The van der Waals surface area contributed by atoms with Crippen LogP contribution in [0.4, 0.5) is 8.78 Å². The van der Waals surface area contributed by atoms with Gasteiger partial charge in [0.05, 0.1) is 0 Å². The van der Waals surface area contributed by atoms with E-state index in [-0.39, 0.29) is 0 Å². The maximum Gasteiger partial charge on any atom is 0.276 e. The molecular weight excluding hydrogens is 178 g/mol. The number of hydrogen-bond acceptors (Lipinski definition) is 1. The van der Waals surface area contributed by atoms with Crippen molar-refractivity contribution >= 4 is 11.8 Å². The van der Waals surface area contributed by atoms with Crippen molar-refractivity contribution in [3.63, 3.8) is 0 Å². The van der Waals surface area contributed by atoms with Crippen molar-refractivity contribution in [3.05, 3.63) is 41.3 Å². The molecule has 0 fully saturated rings. The summed E-state index contributed by atoms with van der Waals surface area (Å²) < 4.78 is 23.3. The highest BCUT2D eigenvalue weighted by Crippen LogP contribution is 2.21. The van der Waals surface area contributed by atoms with E-state index in [1.807, 2.05) is 31.2 Å². The molecule has 0 saturated carbocycles. The van der Waals surface area contributed by atoms with Crippen LogP contribution in [0.5, 0.6) is 0 Å². The van der Waals surface area contributed by atoms with Gasteiger partial charge in [-0.3, -0.25) is 0 Å². The Morgan fingerprint density at radius 3 is 2.33 bits per heavy atom. The predicted molar refractivity (Wildman–Crippen MR) is 47.3 cm³/mol. The number of aryl methyl sites for hydroxylation is 1. The number of benzene rings is 1. The van der Waals surface area contributed by atoms with E-state index in [4.69, 9.17) is 0 Å². The molecule has 0 bridgehead atoms. The van der Waals surface area contributed by atoms with E-state index < -0.39 is 6.08 Å². The minimum Gasteiger partial charge on any atom is -0.173 e. The van der Waals surface area contributed by atoms with Gasteiger partial charge in [0.25, 0.3) is 6.08 Å². The zero-order chi connectivity index (χ0) is 8.97. The van der Waals surface area contributed by atoms with Gasteiger partial charge in [0.1, 0.15) is 0 Å². The molecule has 1 aromatic carbocycles. The first-order chi connectivity index (χ1) is 5.68. The van der Waals surface area contributed by atoms with E-state index in [0.717, 1.165) is 27.6 Å². The first-order valence-electron chi connectivity index (χ1n) is 3.43. The van der Waals surface area contributed by atoms with Gasteiger partial charge >= 0.3 is 0 Å². The second-order valence-corrected chi connectivity index (χ2v) is 3.28. The van der Waals surface area contributed by atoms with Crippen LogP contribution in [0.3, 0.4) is 0 Å². The van der Waals surface area contributed by atoms with Crippen LogP contribution in [-0.4, -0.2) is 0 Å². The minimum absolute atomic E-state index is 0.827. The Bertz CT molecular complexity index is 273. The van der Waals surface area contributed by atoms with Gasteiger partial charge in [-0.05, 0) is 19.1 Å². The molecule has 0 spiro atoms. The zero-order valence-electron chi connectivity index (χ0n) is 6.55. The van der Waals surface area contributed by atoms with Crippen molar-refractivity contribution in [2.75, 3.05) is 0 Å². The third kappa shape index (κ3) is 3.05. The monoisotopic (exact) mass is 186 g/mol. The molecule has 3 heteroatoms. The Morgan fingerprint density at radius 1 is 1.25 bits per heavy atom. The summed E-state index contributed by atoms with van der Waals surface area (Å²) in [6.07, 6.45) is -1.65. The molecular formula is C9H8F2S. The van der Waals surface area contributed by atoms with Crippen LogP contribution in [0.25, 0.3) is 0 Å². The van der Waals surface area contributed by atoms with Crippen LogP contribution >= 0.6 is 11.8 Å². The molecule has 0 aromatic heterocycles. The highest BCUT2D eigenvalue weighted by Gasteiger charge is 1.92. The standard InChI is InChI=1S/C9H8F2S/c1-7-2-4-8(5-3-7)12-6-9(10)11/h2-6H,1H3. The molecule has 0 heterocycles. The van der Waals surface area contributed by atoms with Gasteiger partial charge in [-0.1, -0.05) is 29.5 Å². The third-order valence-corrected chi connectivity index (χ3v) is 2.15. The van der Waals surface area contributed by atoms with Gasteiger partial charge in [0.15, 0.2) is 0 Å². The predicted octanol–water partition coefficient (Wildman–Crippen LogP) is 3.83. The molecule has 0 nitrogen and oxygen atoms in total. The SMILES string of the molecule is Cc1ccc(SC=C(F)F)cc1. The highest BCUT2D eigenvalue weighted by molar-refractivity contribution is 8.02. The Balaban J connectivity index is 2.65. The fourth-order valence-corrected chi connectivity index (χ4v) is 1.25. The molecule has 0 saturated heterocycles. The summed E-state index contributed by atoms with van der Waals surface area (Å²) in [5.74, 6) is 0. The topological polar surface area (TPSA) is 0 Å². The lowest BCUT2D eigenvalue weighted by Crippen LogP contribution is -1.70. The molecule has 0 radical (unpaired) electrons. The summed E-state index contributed by atoms with van der Waals surface area (Å²) in [6.45, 7) is 1.96. The largest absolute Gasteiger partial charge is 0.276 e. The molecule has 0 aliphatic heterocycles. The van der Waals surface area contributed by atoms with Crippen LogP contribution in [0, 0.1) is 6.92 Å². The lowest BCUT2D eigenvalue weighted by atomic mass is 10.2. The molecule has 1 rings (SSSR count). The van der Waals surface area contributed by atoms with Gasteiger partial charge in [0.2, 0.25) is 0 Å². The van der Waals surface area contributed by atoms with Crippen LogP contribution in [0.15, 0.2) is 40.6 Å². The summed E-state index contributed by atoms with van der Waals surface area (Å²) in [6, 6.07) is 7.43. The molecule has 0 unspecified atom stereocenters. The highest BCUT2D eigenvalue weighted by atomic mass is 32.2. The first kappa shape index (κ1) is 9.26. The van der Waals surface area contributed by atoms with Crippen molar-refractivity contribution in [1.82, 2.24) is 0 Å². The second-order valence-electron chi connectivity index (χ2n) is 2.34. The maximum absolute atomic E-state index is 11.6. The Labute approximate surface area is 74.3 Å². The molecule has 0 aliphatic carbocycles. The van der Waals surface area contributed by atoms with Gasteiger partial charge in [0, 0.05) is 10.3 Å². The quantitative estimate of drug-likeness (QED) is 0.632. The Kier molecular flexibility index (Phi) is 3.29. The average Bonchev–Trinajstić information content (AvgIpc) is 2.03. The minimum atomic E-state index is -1.65. The fraction of sp³-hybridized carbons (Fsp3) is 0.111. The fourth-order valence-electron chi connectivity index (χ4n) is 0.729. The zero-order valence-corrected chi connectivity index (χ0v) is 7.37.